The highest BCUT2D eigenvalue weighted by Gasteiger charge is 2.33. The second-order valence-electron chi connectivity index (χ2n) is 8.27. The lowest BCUT2D eigenvalue weighted by Gasteiger charge is -2.26. The number of nitrogens with one attached hydrogen (secondary N) is 3. The number of aliphatic hydroxyl groups is 1. The van der Waals surface area contributed by atoms with E-state index in [9.17, 15) is 44.1 Å². The lowest BCUT2D eigenvalue weighted by atomic mass is 10.0. The third-order valence-corrected chi connectivity index (χ3v) is 5.10. The third-order valence-electron chi connectivity index (χ3n) is 5.10. The molecule has 0 aromatic heterocycles. The number of aliphatic carboxylic acids is 2. The number of carboxylic acids is 2. The van der Waals surface area contributed by atoms with Crippen molar-refractivity contribution in [3.63, 3.8) is 0 Å². The van der Waals surface area contributed by atoms with E-state index in [1.807, 2.05) is 0 Å². The molecule has 1 aromatic carbocycles. The molecule has 1 rings (SSSR count). The maximum absolute atomic E-state index is 12.8. The van der Waals surface area contributed by atoms with Gasteiger partial charge in [0.2, 0.25) is 23.6 Å². The van der Waals surface area contributed by atoms with Gasteiger partial charge in [-0.25, -0.2) is 4.79 Å². The molecule has 4 amide bonds. The number of nitrogens with two attached hydrogens (primary N) is 2. The minimum absolute atomic E-state index is 0.0495. The molecule has 11 N–H and O–H groups in total. The van der Waals surface area contributed by atoms with Gasteiger partial charge in [-0.2, -0.15) is 0 Å². The van der Waals surface area contributed by atoms with Crippen molar-refractivity contribution in [1.82, 2.24) is 16.0 Å². The van der Waals surface area contributed by atoms with Crippen LogP contribution in [0.4, 0.5) is 0 Å². The molecule has 37 heavy (non-hydrogen) atoms. The summed E-state index contributed by atoms with van der Waals surface area (Å²) in [5, 5.41) is 44.0. The van der Waals surface area contributed by atoms with Crippen LogP contribution in [-0.4, -0.2) is 86.3 Å². The van der Waals surface area contributed by atoms with Gasteiger partial charge in [-0.15, -0.1) is 0 Å². The van der Waals surface area contributed by atoms with Crippen LogP contribution in [0.5, 0.6) is 5.75 Å². The van der Waals surface area contributed by atoms with Gasteiger partial charge in [0.1, 0.15) is 23.9 Å². The zero-order valence-corrected chi connectivity index (χ0v) is 19.9. The van der Waals surface area contributed by atoms with Crippen LogP contribution in [0.3, 0.4) is 0 Å². The summed E-state index contributed by atoms with van der Waals surface area (Å²) < 4.78 is 0. The van der Waals surface area contributed by atoms with Gasteiger partial charge in [-0.3, -0.25) is 24.0 Å². The summed E-state index contributed by atoms with van der Waals surface area (Å²) >= 11 is 0. The predicted octanol–water partition coefficient (Wildman–Crippen LogP) is -3.08. The number of phenols is 1. The molecule has 5 atom stereocenters. The van der Waals surface area contributed by atoms with Crippen LogP contribution in [0.1, 0.15) is 31.7 Å². The molecule has 0 aliphatic heterocycles. The van der Waals surface area contributed by atoms with Gasteiger partial charge in [-0.1, -0.05) is 12.1 Å². The summed E-state index contributed by atoms with van der Waals surface area (Å²) in [6.45, 7) is 1.15. The smallest absolute Gasteiger partial charge is 0.326 e. The number of aromatic hydroxyl groups is 1. The Labute approximate surface area is 211 Å². The van der Waals surface area contributed by atoms with E-state index in [2.05, 4.69) is 16.0 Å². The molecule has 15 heteroatoms. The summed E-state index contributed by atoms with van der Waals surface area (Å²) in [5.41, 5.74) is 11.2. The first-order chi connectivity index (χ1) is 17.2. The fraction of sp³-hybridized carbons (Fsp3) is 0.455. The molecule has 0 saturated carbocycles. The van der Waals surface area contributed by atoms with Crippen molar-refractivity contribution in [2.75, 3.05) is 0 Å². The number of primary amides is 1. The first-order valence-corrected chi connectivity index (χ1v) is 11.1. The topological polar surface area (TPSA) is 271 Å². The highest BCUT2D eigenvalue weighted by molar-refractivity contribution is 5.96. The zero-order valence-electron chi connectivity index (χ0n) is 19.9. The van der Waals surface area contributed by atoms with Gasteiger partial charge in [0.15, 0.2) is 0 Å². The van der Waals surface area contributed by atoms with E-state index >= 15 is 0 Å². The Kier molecular flexibility index (Phi) is 11.9. The average molecular weight is 526 g/mol. The maximum atomic E-state index is 12.8. The monoisotopic (exact) mass is 525 g/mol. The fourth-order valence-corrected chi connectivity index (χ4v) is 3.09. The summed E-state index contributed by atoms with van der Waals surface area (Å²) in [4.78, 5) is 71.6. The third kappa shape index (κ3) is 10.9. The number of hydrogen-bond acceptors (Lipinski definition) is 9. The van der Waals surface area contributed by atoms with Crippen LogP contribution >= 0.6 is 0 Å². The molecular formula is C22H31N5O10. The average Bonchev–Trinajstić information content (AvgIpc) is 2.80. The minimum atomic E-state index is -1.66. The molecule has 0 heterocycles. The minimum Gasteiger partial charge on any atom is -0.508 e. The number of carbonyl (C=O) groups excluding carboxylic acids is 4. The van der Waals surface area contributed by atoms with Crippen molar-refractivity contribution in [3.8, 4) is 5.75 Å². The van der Waals surface area contributed by atoms with E-state index in [1.165, 1.54) is 24.3 Å². The van der Waals surface area contributed by atoms with Gasteiger partial charge in [-0.05, 0) is 31.0 Å². The van der Waals surface area contributed by atoms with Crippen molar-refractivity contribution in [2.24, 2.45) is 11.5 Å². The summed E-state index contributed by atoms with van der Waals surface area (Å²) in [6.07, 6.45) is -3.11. The van der Waals surface area contributed by atoms with E-state index in [4.69, 9.17) is 16.6 Å². The van der Waals surface area contributed by atoms with Gasteiger partial charge in [0.05, 0.1) is 18.6 Å². The zero-order chi connectivity index (χ0) is 28.3. The summed E-state index contributed by atoms with van der Waals surface area (Å²) in [5.74, 6) is -6.81. The molecule has 5 unspecified atom stereocenters. The lowest BCUT2D eigenvalue weighted by molar-refractivity contribution is -0.142. The number of aliphatic hydroxyl groups excluding tert-OH is 1. The second kappa shape index (κ2) is 14.4. The first-order valence-electron chi connectivity index (χ1n) is 11.1. The summed E-state index contributed by atoms with van der Waals surface area (Å²) in [6, 6.07) is -0.581. The standard InChI is InChI=1S/C22H31N5O10/c1-10(28)18(27-19(33)13(23)6-7-17(31)32)21(35)25-14(9-16(24)30)20(34)26-15(22(36)37)8-11-2-4-12(29)5-3-11/h2-5,10,13-15,18,28-29H,6-9,23H2,1H3,(H2,24,30)(H,25,35)(H,26,34)(H,27,33)(H,31,32)(H,36,37). The lowest BCUT2D eigenvalue weighted by Crippen LogP contribution is -2.60. The molecule has 0 aliphatic rings. The molecule has 0 saturated heterocycles. The van der Waals surface area contributed by atoms with Crippen LogP contribution < -0.4 is 27.4 Å². The molecule has 1 aromatic rings. The Morgan fingerprint density at radius 3 is 1.95 bits per heavy atom. The van der Waals surface area contributed by atoms with E-state index in [0.717, 1.165) is 6.92 Å². The normalized spacial score (nSPS) is 14.8. The highest BCUT2D eigenvalue weighted by Crippen LogP contribution is 2.12. The highest BCUT2D eigenvalue weighted by atomic mass is 16.4. The Hall–Kier alpha value is -4.24. The van der Waals surface area contributed by atoms with Crippen LogP contribution in [0, 0.1) is 0 Å². The molecular weight excluding hydrogens is 494 g/mol. The van der Waals surface area contributed by atoms with Crippen molar-refractivity contribution < 1.29 is 49.2 Å². The SMILES string of the molecule is CC(O)C(NC(=O)C(N)CCC(=O)O)C(=O)NC(CC(N)=O)C(=O)NC(Cc1ccc(O)cc1)C(=O)O. The van der Waals surface area contributed by atoms with Crippen LogP contribution in [0.15, 0.2) is 24.3 Å². The number of carboxylic acid groups (broad SMARTS) is 2. The van der Waals surface area contributed by atoms with Crippen molar-refractivity contribution >= 4 is 35.6 Å². The fourth-order valence-electron chi connectivity index (χ4n) is 3.09. The van der Waals surface area contributed by atoms with E-state index in [0.29, 0.717) is 5.56 Å². The van der Waals surface area contributed by atoms with Crippen molar-refractivity contribution in [2.45, 2.75) is 62.9 Å². The molecule has 0 aliphatic carbocycles. The van der Waals surface area contributed by atoms with Crippen LogP contribution in [0.2, 0.25) is 0 Å². The number of phenolic OH excluding ortho intramolecular Hbond substituents is 1. The van der Waals surface area contributed by atoms with Gasteiger partial charge in [0.25, 0.3) is 0 Å². The Balaban J connectivity index is 2.97. The van der Waals surface area contributed by atoms with Crippen molar-refractivity contribution in [1.29, 1.82) is 0 Å². The van der Waals surface area contributed by atoms with Gasteiger partial charge < -0.3 is 47.8 Å². The Bertz CT molecular complexity index is 998. The number of rotatable bonds is 15. The Morgan fingerprint density at radius 2 is 1.46 bits per heavy atom. The number of amides is 4. The Morgan fingerprint density at radius 1 is 0.892 bits per heavy atom. The second-order valence-corrected chi connectivity index (χ2v) is 8.27. The molecule has 0 bridgehead atoms. The number of hydrogen-bond donors (Lipinski definition) is 9. The van der Waals surface area contributed by atoms with E-state index < -0.39 is 78.7 Å². The largest absolute Gasteiger partial charge is 0.508 e. The predicted molar refractivity (Wildman–Crippen MR) is 126 cm³/mol. The van der Waals surface area contributed by atoms with Gasteiger partial charge in [0, 0.05) is 12.8 Å². The first kappa shape index (κ1) is 30.8. The molecule has 15 nitrogen and oxygen atoms in total. The quantitative estimate of drug-likeness (QED) is 0.111. The van der Waals surface area contributed by atoms with Crippen LogP contribution in [0.25, 0.3) is 0 Å². The summed E-state index contributed by atoms with van der Waals surface area (Å²) in [7, 11) is 0. The van der Waals surface area contributed by atoms with Gasteiger partial charge >= 0.3 is 11.9 Å². The number of benzene rings is 1. The number of carbonyl (C=O) groups is 6. The van der Waals surface area contributed by atoms with E-state index in [1.54, 1.807) is 0 Å². The van der Waals surface area contributed by atoms with E-state index in [-0.39, 0.29) is 18.6 Å². The van der Waals surface area contributed by atoms with Crippen LogP contribution in [-0.2, 0) is 35.2 Å². The molecule has 0 spiro atoms. The molecule has 204 valence electrons. The molecule has 0 fully saturated rings. The maximum Gasteiger partial charge on any atom is 0.326 e. The molecule has 0 radical (unpaired) electrons. The van der Waals surface area contributed by atoms with Crippen molar-refractivity contribution in [3.05, 3.63) is 29.8 Å².